The minimum absolute atomic E-state index is 0.250. The molecule has 7 heteroatoms. The van der Waals surface area contributed by atoms with Crippen LogP contribution in [-0.4, -0.2) is 48.5 Å². The van der Waals surface area contributed by atoms with Gasteiger partial charge in [-0.3, -0.25) is 10.3 Å². The van der Waals surface area contributed by atoms with Crippen LogP contribution in [0.4, 0.5) is 4.79 Å². The number of nitrogens with one attached hydrogen (secondary N) is 1. The van der Waals surface area contributed by atoms with E-state index in [1.165, 1.54) is 12.8 Å². The molecule has 1 aromatic carbocycles. The highest BCUT2D eigenvalue weighted by Gasteiger charge is 2.44. The van der Waals surface area contributed by atoms with Gasteiger partial charge in [-0.15, -0.1) is 0 Å². The van der Waals surface area contributed by atoms with Crippen molar-refractivity contribution in [1.82, 2.24) is 10.4 Å². The molecular formula is C23H32N2O5. The summed E-state index contributed by atoms with van der Waals surface area (Å²) in [6.45, 7) is 6.67. The SMILES string of the molecule is COc1ccc(C2=CC3(CCN(C(=O)OC(C)(C)C)C3)ON2)cc1OC1CCCC1. The second-order valence-electron chi connectivity index (χ2n) is 9.37. The third-order valence-corrected chi connectivity index (χ3v) is 5.76. The minimum atomic E-state index is -0.543. The second kappa shape index (κ2) is 8.02. The van der Waals surface area contributed by atoms with Crippen LogP contribution in [-0.2, 0) is 9.57 Å². The average molecular weight is 417 g/mol. The van der Waals surface area contributed by atoms with Gasteiger partial charge in [0, 0.05) is 18.5 Å². The number of rotatable bonds is 4. The molecule has 0 aromatic heterocycles. The monoisotopic (exact) mass is 416 g/mol. The van der Waals surface area contributed by atoms with E-state index in [-0.39, 0.29) is 12.2 Å². The summed E-state index contributed by atoms with van der Waals surface area (Å²) in [5, 5.41) is 0. The molecule has 7 nitrogen and oxygen atoms in total. The summed E-state index contributed by atoms with van der Waals surface area (Å²) < 4.78 is 17.2. The molecule has 2 aliphatic heterocycles. The third kappa shape index (κ3) is 4.51. The smallest absolute Gasteiger partial charge is 0.410 e. The van der Waals surface area contributed by atoms with Crippen molar-refractivity contribution in [3.8, 4) is 11.5 Å². The highest BCUT2D eigenvalue weighted by atomic mass is 16.7. The largest absolute Gasteiger partial charge is 0.493 e. The van der Waals surface area contributed by atoms with Gasteiger partial charge in [0.2, 0.25) is 0 Å². The fourth-order valence-corrected chi connectivity index (χ4v) is 4.23. The number of hydroxylamine groups is 1. The van der Waals surface area contributed by atoms with Gasteiger partial charge < -0.3 is 19.1 Å². The Morgan fingerprint density at radius 1 is 1.23 bits per heavy atom. The number of amides is 1. The van der Waals surface area contributed by atoms with Crippen molar-refractivity contribution in [3.63, 3.8) is 0 Å². The van der Waals surface area contributed by atoms with Crippen molar-refractivity contribution in [1.29, 1.82) is 0 Å². The molecule has 1 amide bonds. The number of carbonyl (C=O) groups excluding carboxylic acids is 1. The molecule has 2 fully saturated rings. The van der Waals surface area contributed by atoms with Gasteiger partial charge in [0.25, 0.3) is 0 Å². The van der Waals surface area contributed by atoms with Crippen LogP contribution in [0.3, 0.4) is 0 Å². The van der Waals surface area contributed by atoms with Crippen LogP contribution in [0, 0.1) is 0 Å². The van der Waals surface area contributed by atoms with Crippen molar-refractivity contribution in [2.75, 3.05) is 20.2 Å². The van der Waals surface area contributed by atoms with E-state index in [1.807, 2.05) is 39.0 Å². The zero-order chi connectivity index (χ0) is 21.4. The summed E-state index contributed by atoms with van der Waals surface area (Å²) in [4.78, 5) is 20.1. The molecule has 1 N–H and O–H groups in total. The number of ether oxygens (including phenoxy) is 3. The molecule has 1 aliphatic carbocycles. The summed E-state index contributed by atoms with van der Waals surface area (Å²) in [7, 11) is 1.66. The molecule has 164 valence electrons. The Bertz CT molecular complexity index is 825. The maximum Gasteiger partial charge on any atom is 0.410 e. The molecule has 30 heavy (non-hydrogen) atoms. The van der Waals surface area contributed by atoms with Gasteiger partial charge in [-0.1, -0.05) is 0 Å². The number of nitrogens with zero attached hydrogens (tertiary/aromatic N) is 1. The number of hydrogen-bond acceptors (Lipinski definition) is 6. The van der Waals surface area contributed by atoms with Gasteiger partial charge in [0.1, 0.15) is 11.2 Å². The lowest BCUT2D eigenvalue weighted by Gasteiger charge is -2.25. The maximum absolute atomic E-state index is 12.4. The average Bonchev–Trinajstić information content (AvgIpc) is 3.43. The molecule has 4 rings (SSSR count). The van der Waals surface area contributed by atoms with Crippen LogP contribution >= 0.6 is 0 Å². The summed E-state index contributed by atoms with van der Waals surface area (Å²) >= 11 is 0. The van der Waals surface area contributed by atoms with Crippen molar-refractivity contribution in [2.45, 2.75) is 70.2 Å². The van der Waals surface area contributed by atoms with Crippen molar-refractivity contribution < 1.29 is 23.8 Å². The Kier molecular flexibility index (Phi) is 5.57. The third-order valence-electron chi connectivity index (χ3n) is 5.76. The lowest BCUT2D eigenvalue weighted by Crippen LogP contribution is -2.39. The van der Waals surface area contributed by atoms with Crippen LogP contribution in [0.5, 0.6) is 11.5 Å². The molecular weight excluding hydrogens is 384 g/mol. The van der Waals surface area contributed by atoms with Crippen LogP contribution in [0.25, 0.3) is 5.70 Å². The van der Waals surface area contributed by atoms with Gasteiger partial charge in [-0.25, -0.2) is 4.79 Å². The van der Waals surface area contributed by atoms with E-state index >= 15 is 0 Å². The van der Waals surface area contributed by atoms with E-state index in [1.54, 1.807) is 12.0 Å². The summed E-state index contributed by atoms with van der Waals surface area (Å²) in [5.41, 5.74) is 3.85. The number of methoxy groups -OCH3 is 1. The normalized spacial score (nSPS) is 24.1. The fraction of sp³-hybridized carbons (Fsp3) is 0.609. The first-order valence-electron chi connectivity index (χ1n) is 10.8. The molecule has 1 atom stereocenters. The number of benzene rings is 1. The molecule has 0 bridgehead atoms. The van der Waals surface area contributed by atoms with E-state index in [9.17, 15) is 4.79 Å². The fourth-order valence-electron chi connectivity index (χ4n) is 4.23. The standard InChI is InChI=1S/C23H32N2O5/c1-22(2,3)29-21(26)25-12-11-23(15-25)14-18(24-30-23)16-9-10-19(27-4)20(13-16)28-17-7-5-6-8-17/h9-10,13-14,17,24H,5-8,11-12,15H2,1-4H3. The lowest BCUT2D eigenvalue weighted by molar-refractivity contribution is -0.0295. The van der Waals surface area contributed by atoms with E-state index in [0.717, 1.165) is 35.6 Å². The van der Waals surface area contributed by atoms with Gasteiger partial charge >= 0.3 is 6.09 Å². The van der Waals surface area contributed by atoms with E-state index < -0.39 is 11.2 Å². The summed E-state index contributed by atoms with van der Waals surface area (Å²) in [6, 6.07) is 5.91. The van der Waals surface area contributed by atoms with Gasteiger partial charge in [-0.2, -0.15) is 0 Å². The first-order valence-corrected chi connectivity index (χ1v) is 10.8. The van der Waals surface area contributed by atoms with Crippen LogP contribution in [0.2, 0.25) is 0 Å². The topological polar surface area (TPSA) is 69.3 Å². The highest BCUT2D eigenvalue weighted by Crippen LogP contribution is 2.38. The Morgan fingerprint density at radius 2 is 2.00 bits per heavy atom. The zero-order valence-corrected chi connectivity index (χ0v) is 18.3. The van der Waals surface area contributed by atoms with Gasteiger partial charge in [0.15, 0.2) is 11.5 Å². The zero-order valence-electron chi connectivity index (χ0n) is 18.3. The van der Waals surface area contributed by atoms with Gasteiger partial charge in [0.05, 0.1) is 25.5 Å². The molecule has 1 saturated carbocycles. The van der Waals surface area contributed by atoms with E-state index in [0.29, 0.717) is 19.5 Å². The number of hydrogen-bond donors (Lipinski definition) is 1. The van der Waals surface area contributed by atoms with Gasteiger partial charge in [-0.05, 0) is 70.7 Å². The lowest BCUT2D eigenvalue weighted by atomic mass is 10.0. The number of likely N-dealkylation sites (tertiary alicyclic amines) is 1. The molecule has 0 radical (unpaired) electrons. The Hall–Kier alpha value is -2.41. The second-order valence-corrected chi connectivity index (χ2v) is 9.37. The summed E-state index contributed by atoms with van der Waals surface area (Å²) in [5.74, 6) is 1.49. The molecule has 1 saturated heterocycles. The Balaban J connectivity index is 1.49. The van der Waals surface area contributed by atoms with E-state index in [2.05, 4.69) is 11.6 Å². The molecule has 1 spiro atoms. The molecule has 1 aromatic rings. The van der Waals surface area contributed by atoms with Crippen molar-refractivity contribution >= 4 is 11.8 Å². The first kappa shape index (κ1) is 20.8. The molecule has 1 unspecified atom stereocenters. The van der Waals surface area contributed by atoms with E-state index in [4.69, 9.17) is 19.0 Å². The Morgan fingerprint density at radius 3 is 2.70 bits per heavy atom. The van der Waals surface area contributed by atoms with Crippen molar-refractivity contribution in [2.24, 2.45) is 0 Å². The summed E-state index contributed by atoms with van der Waals surface area (Å²) in [6.07, 6.45) is 7.32. The highest BCUT2D eigenvalue weighted by molar-refractivity contribution is 5.71. The maximum atomic E-state index is 12.4. The molecule has 3 aliphatic rings. The van der Waals surface area contributed by atoms with Crippen molar-refractivity contribution in [3.05, 3.63) is 29.8 Å². The van der Waals surface area contributed by atoms with Crippen LogP contribution < -0.4 is 15.0 Å². The molecule has 2 heterocycles. The van der Waals surface area contributed by atoms with Crippen LogP contribution in [0.15, 0.2) is 24.3 Å². The predicted molar refractivity (Wildman–Crippen MR) is 113 cm³/mol. The quantitative estimate of drug-likeness (QED) is 0.790. The minimum Gasteiger partial charge on any atom is -0.493 e. The predicted octanol–water partition coefficient (Wildman–Crippen LogP) is 4.27. The number of carbonyl (C=O) groups is 1. The first-order chi connectivity index (χ1) is 14.3. The Labute approximate surface area is 178 Å². The van der Waals surface area contributed by atoms with Crippen LogP contribution in [0.1, 0.15) is 58.4 Å².